The first-order chi connectivity index (χ1) is 11.2. The van der Waals surface area contributed by atoms with Gasteiger partial charge in [-0.25, -0.2) is 0 Å². The topological polar surface area (TPSA) is 46.6 Å². The predicted octanol–water partition coefficient (Wildman–Crippen LogP) is 2.85. The van der Waals surface area contributed by atoms with Crippen LogP contribution in [0.1, 0.15) is 38.3 Å². The van der Waals surface area contributed by atoms with Crippen LogP contribution in [0.2, 0.25) is 0 Å². The molecule has 0 saturated heterocycles. The summed E-state index contributed by atoms with van der Waals surface area (Å²) in [5.41, 5.74) is 3.49. The summed E-state index contributed by atoms with van der Waals surface area (Å²) < 4.78 is 5.26. The zero-order valence-corrected chi connectivity index (χ0v) is 12.9. The van der Waals surface area contributed by atoms with Gasteiger partial charge >= 0.3 is 0 Å². The number of hydrogen-bond acceptors (Lipinski definition) is 3. The highest BCUT2D eigenvalue weighted by Crippen LogP contribution is 2.32. The van der Waals surface area contributed by atoms with E-state index < -0.39 is 0 Å². The maximum Gasteiger partial charge on any atom is 0.261 e. The quantitative estimate of drug-likeness (QED) is 0.802. The molecule has 0 fully saturated rings. The Morgan fingerprint density at radius 3 is 2.35 bits per heavy atom. The molecule has 1 aliphatic carbocycles. The molecule has 0 aromatic heterocycles. The Kier molecular flexibility index (Phi) is 3.18. The maximum atomic E-state index is 12.6. The van der Waals surface area contributed by atoms with Gasteiger partial charge in [0.25, 0.3) is 11.8 Å². The summed E-state index contributed by atoms with van der Waals surface area (Å²) in [6, 6.07) is 13.0. The zero-order chi connectivity index (χ0) is 16.0. The second-order valence-corrected chi connectivity index (χ2v) is 6.06. The number of carbonyl (C=O) groups excluding carboxylic acids is 2. The lowest BCUT2D eigenvalue weighted by atomic mass is 9.87. The second kappa shape index (κ2) is 5.23. The molecule has 4 nitrogen and oxygen atoms in total. The van der Waals surface area contributed by atoms with Crippen molar-refractivity contribution in [2.75, 3.05) is 7.11 Å². The fraction of sp³-hybridized carbons (Fsp3) is 0.263. The maximum absolute atomic E-state index is 12.6. The number of fused-ring (bicyclic) bond motifs is 2. The van der Waals surface area contributed by atoms with Crippen LogP contribution < -0.4 is 4.74 Å². The number of ether oxygens (including phenoxy) is 1. The van der Waals surface area contributed by atoms with Crippen LogP contribution in [0, 0.1) is 0 Å². The Balaban J connectivity index is 1.63. The third-order valence-corrected chi connectivity index (χ3v) is 4.81. The Labute approximate surface area is 134 Å². The van der Waals surface area contributed by atoms with Crippen molar-refractivity contribution >= 4 is 11.8 Å². The summed E-state index contributed by atoms with van der Waals surface area (Å²) in [6.07, 6.45) is 2.36. The number of hydrogen-bond donors (Lipinski definition) is 0. The van der Waals surface area contributed by atoms with Crippen LogP contribution in [0.25, 0.3) is 0 Å². The van der Waals surface area contributed by atoms with E-state index in [2.05, 4.69) is 0 Å². The van der Waals surface area contributed by atoms with Crippen LogP contribution in [0.3, 0.4) is 0 Å². The first-order valence-electron chi connectivity index (χ1n) is 7.82. The Morgan fingerprint density at radius 1 is 1.00 bits per heavy atom. The Hall–Kier alpha value is -2.62. The van der Waals surface area contributed by atoms with Crippen molar-refractivity contribution in [1.29, 1.82) is 0 Å². The molecule has 1 aliphatic heterocycles. The molecule has 0 radical (unpaired) electrons. The van der Waals surface area contributed by atoms with Gasteiger partial charge in [-0.3, -0.25) is 14.5 Å². The van der Waals surface area contributed by atoms with Gasteiger partial charge in [0.1, 0.15) is 5.75 Å². The van der Waals surface area contributed by atoms with E-state index in [1.807, 2.05) is 18.2 Å². The van der Waals surface area contributed by atoms with Crippen molar-refractivity contribution in [1.82, 2.24) is 4.90 Å². The minimum Gasteiger partial charge on any atom is -0.497 e. The number of nitrogens with zero attached hydrogens (tertiary/aromatic N) is 1. The Bertz CT molecular complexity index is 777. The lowest BCUT2D eigenvalue weighted by Gasteiger charge is -2.31. The molecule has 0 saturated carbocycles. The molecule has 23 heavy (non-hydrogen) atoms. The molecule has 4 rings (SSSR count). The molecule has 2 aliphatic rings. The van der Waals surface area contributed by atoms with Gasteiger partial charge in [0, 0.05) is 6.04 Å². The standard InChI is InChI=1S/C19H17NO3/c1-23-15-9-7-12-10-14(8-6-13(12)11-15)20-18(21)16-4-2-3-5-17(16)19(20)22/h2-5,7,9,11,14H,6,8,10H2,1H3. The van der Waals surface area contributed by atoms with Gasteiger partial charge in [-0.15, -0.1) is 0 Å². The summed E-state index contributed by atoms with van der Waals surface area (Å²) in [5.74, 6) is 0.531. The van der Waals surface area contributed by atoms with E-state index in [4.69, 9.17) is 4.74 Å². The van der Waals surface area contributed by atoms with E-state index in [1.165, 1.54) is 16.0 Å². The molecule has 2 aromatic carbocycles. The van der Waals surface area contributed by atoms with E-state index in [9.17, 15) is 9.59 Å². The average molecular weight is 307 g/mol. The van der Waals surface area contributed by atoms with E-state index >= 15 is 0 Å². The molecule has 1 atom stereocenters. The van der Waals surface area contributed by atoms with Gasteiger partial charge < -0.3 is 4.74 Å². The number of benzene rings is 2. The molecule has 1 heterocycles. The van der Waals surface area contributed by atoms with Crippen LogP contribution >= 0.6 is 0 Å². The number of rotatable bonds is 2. The van der Waals surface area contributed by atoms with Crippen molar-refractivity contribution in [2.24, 2.45) is 0 Å². The minimum atomic E-state index is -0.160. The molecule has 4 heteroatoms. The number of amides is 2. The fourth-order valence-electron chi connectivity index (χ4n) is 3.60. The first kappa shape index (κ1) is 14.0. The van der Waals surface area contributed by atoms with Gasteiger partial charge in [-0.2, -0.15) is 0 Å². The third kappa shape index (κ3) is 2.13. The van der Waals surface area contributed by atoms with Gasteiger partial charge in [0.2, 0.25) is 0 Å². The second-order valence-electron chi connectivity index (χ2n) is 6.06. The fourth-order valence-corrected chi connectivity index (χ4v) is 3.60. The van der Waals surface area contributed by atoms with E-state index in [0.29, 0.717) is 17.5 Å². The largest absolute Gasteiger partial charge is 0.497 e. The van der Waals surface area contributed by atoms with Crippen molar-refractivity contribution in [2.45, 2.75) is 25.3 Å². The van der Waals surface area contributed by atoms with Crippen LogP contribution in [0.5, 0.6) is 5.75 Å². The van der Waals surface area contributed by atoms with Crippen molar-refractivity contribution in [3.8, 4) is 5.75 Å². The normalized spacial score (nSPS) is 19.5. The van der Waals surface area contributed by atoms with Crippen LogP contribution in [-0.2, 0) is 12.8 Å². The van der Waals surface area contributed by atoms with Crippen molar-refractivity contribution in [3.05, 3.63) is 64.7 Å². The predicted molar refractivity (Wildman–Crippen MR) is 85.7 cm³/mol. The lowest BCUT2D eigenvalue weighted by molar-refractivity contribution is 0.0571. The Morgan fingerprint density at radius 2 is 1.70 bits per heavy atom. The van der Waals surface area contributed by atoms with Gasteiger partial charge in [-0.05, 0) is 54.7 Å². The molecule has 116 valence electrons. The van der Waals surface area contributed by atoms with E-state index in [0.717, 1.165) is 18.6 Å². The number of aryl methyl sites for hydroxylation is 1. The van der Waals surface area contributed by atoms with E-state index in [-0.39, 0.29) is 17.9 Å². The van der Waals surface area contributed by atoms with Crippen molar-refractivity contribution < 1.29 is 14.3 Å². The van der Waals surface area contributed by atoms with Gasteiger partial charge in [0.05, 0.1) is 18.2 Å². The number of imide groups is 1. The smallest absolute Gasteiger partial charge is 0.261 e. The average Bonchev–Trinajstić information content (AvgIpc) is 2.85. The highest BCUT2D eigenvalue weighted by atomic mass is 16.5. The summed E-state index contributed by atoms with van der Waals surface area (Å²) in [4.78, 5) is 26.7. The van der Waals surface area contributed by atoms with Crippen LogP contribution in [0.4, 0.5) is 0 Å². The van der Waals surface area contributed by atoms with Gasteiger partial charge in [0.15, 0.2) is 0 Å². The SMILES string of the molecule is COc1ccc2c(c1)CCC(N1C(=O)c3ccccc3C1=O)C2. The summed E-state index contributed by atoms with van der Waals surface area (Å²) in [7, 11) is 1.66. The molecular formula is C19H17NO3. The molecular weight excluding hydrogens is 290 g/mol. The van der Waals surface area contributed by atoms with E-state index in [1.54, 1.807) is 31.4 Å². The summed E-state index contributed by atoms with van der Waals surface area (Å²) >= 11 is 0. The van der Waals surface area contributed by atoms with Crippen molar-refractivity contribution in [3.63, 3.8) is 0 Å². The minimum absolute atomic E-state index is 0.0664. The third-order valence-electron chi connectivity index (χ3n) is 4.81. The molecule has 1 unspecified atom stereocenters. The highest BCUT2D eigenvalue weighted by Gasteiger charge is 2.40. The van der Waals surface area contributed by atoms with Crippen LogP contribution in [-0.4, -0.2) is 29.9 Å². The lowest BCUT2D eigenvalue weighted by Crippen LogP contribution is -2.43. The molecule has 0 bridgehead atoms. The zero-order valence-electron chi connectivity index (χ0n) is 12.9. The molecule has 0 N–H and O–H groups in total. The number of carbonyl (C=O) groups is 2. The molecule has 0 spiro atoms. The van der Waals surface area contributed by atoms with Gasteiger partial charge in [-0.1, -0.05) is 18.2 Å². The summed E-state index contributed by atoms with van der Waals surface area (Å²) in [5, 5.41) is 0. The highest BCUT2D eigenvalue weighted by molar-refractivity contribution is 6.21. The monoisotopic (exact) mass is 307 g/mol. The first-order valence-corrected chi connectivity index (χ1v) is 7.82. The molecule has 2 aromatic rings. The number of methoxy groups -OCH3 is 1. The molecule has 2 amide bonds. The van der Waals surface area contributed by atoms with Crippen LogP contribution in [0.15, 0.2) is 42.5 Å². The summed E-state index contributed by atoms with van der Waals surface area (Å²) in [6.45, 7) is 0.